The second kappa shape index (κ2) is 6.97. The molecule has 1 aliphatic rings. The first kappa shape index (κ1) is 19.1. The first-order chi connectivity index (χ1) is 13.2. The summed E-state index contributed by atoms with van der Waals surface area (Å²) in [5.74, 6) is 0. The van der Waals surface area contributed by atoms with E-state index in [9.17, 15) is 18.0 Å². The number of benzene rings is 1. The molecule has 0 saturated carbocycles. The molecule has 0 N–H and O–H groups in total. The van der Waals surface area contributed by atoms with Crippen molar-refractivity contribution in [2.24, 2.45) is 0 Å². The monoisotopic (exact) mass is 409 g/mol. The molecule has 8 heteroatoms. The van der Waals surface area contributed by atoms with Gasteiger partial charge in [0, 0.05) is 59.9 Å². The number of aryl methyl sites for hydroxylation is 2. The van der Waals surface area contributed by atoms with Gasteiger partial charge in [0.25, 0.3) is 5.56 Å². The molecule has 3 heterocycles. The molecule has 0 aliphatic carbocycles. The minimum absolute atomic E-state index is 0.166. The molecule has 0 spiro atoms. The zero-order valence-corrected chi connectivity index (χ0v) is 16.0. The van der Waals surface area contributed by atoms with Gasteiger partial charge in [-0.05, 0) is 42.8 Å². The average molecular weight is 410 g/mol. The van der Waals surface area contributed by atoms with E-state index in [1.54, 1.807) is 0 Å². The lowest BCUT2D eigenvalue weighted by atomic mass is 10.1. The van der Waals surface area contributed by atoms with Gasteiger partial charge in [0.15, 0.2) is 0 Å². The highest BCUT2D eigenvalue weighted by molar-refractivity contribution is 6.31. The molecule has 1 aromatic carbocycles. The first-order valence-corrected chi connectivity index (χ1v) is 9.38. The van der Waals surface area contributed by atoms with Gasteiger partial charge >= 0.3 is 6.30 Å². The Bertz CT molecular complexity index is 1100. The number of fused-ring (bicyclic) bond motifs is 3. The summed E-state index contributed by atoms with van der Waals surface area (Å²) in [6.45, 7) is 2.28. The van der Waals surface area contributed by atoms with Crippen molar-refractivity contribution in [2.45, 2.75) is 32.2 Å². The Kier molecular flexibility index (Phi) is 4.75. The van der Waals surface area contributed by atoms with E-state index < -0.39 is 11.9 Å². The number of hydrogen-bond donors (Lipinski definition) is 0. The highest BCUT2D eigenvalue weighted by atomic mass is 35.5. The number of rotatable bonds is 3. The van der Waals surface area contributed by atoms with Crippen LogP contribution in [0.5, 0.6) is 0 Å². The molecule has 3 aromatic rings. The van der Waals surface area contributed by atoms with Crippen LogP contribution >= 0.6 is 11.6 Å². The van der Waals surface area contributed by atoms with Gasteiger partial charge in [-0.3, -0.25) is 4.79 Å². The molecule has 0 radical (unpaired) electrons. The second-order valence-electron chi connectivity index (χ2n) is 7.19. The highest BCUT2D eigenvalue weighted by Gasteiger charge is 2.31. The molecule has 1 aliphatic heterocycles. The van der Waals surface area contributed by atoms with Crippen LogP contribution in [0.2, 0.25) is 5.02 Å². The van der Waals surface area contributed by atoms with Gasteiger partial charge in [-0.25, -0.2) is 4.57 Å². The SMILES string of the molecule is CN1CCc2c(c3cc(Cl)ccc3n2CCc2ccc(=O)n(C(F)(F)F)c2)C1. The molecule has 0 unspecified atom stereocenters. The Morgan fingerprint density at radius 3 is 2.71 bits per heavy atom. The van der Waals surface area contributed by atoms with Crippen LogP contribution < -0.4 is 5.56 Å². The van der Waals surface area contributed by atoms with E-state index >= 15 is 0 Å². The molecule has 0 fully saturated rings. The lowest BCUT2D eigenvalue weighted by Crippen LogP contribution is -2.30. The number of likely N-dealkylation sites (N-methyl/N-ethyl adjacent to an activating group) is 1. The van der Waals surface area contributed by atoms with Gasteiger partial charge in [0.05, 0.1) is 0 Å². The molecule has 0 amide bonds. The number of halogens is 4. The Labute approximate surface area is 164 Å². The predicted octanol–water partition coefficient (Wildman–Crippen LogP) is 4.16. The predicted molar refractivity (Wildman–Crippen MR) is 103 cm³/mol. The molecule has 0 atom stereocenters. The Hall–Kier alpha value is -2.25. The fourth-order valence-corrected chi connectivity index (χ4v) is 4.10. The lowest BCUT2D eigenvalue weighted by Gasteiger charge is -2.24. The van der Waals surface area contributed by atoms with Crippen molar-refractivity contribution in [3.05, 3.63) is 68.7 Å². The molecule has 4 rings (SSSR count). The van der Waals surface area contributed by atoms with E-state index in [4.69, 9.17) is 11.6 Å². The van der Waals surface area contributed by atoms with E-state index in [-0.39, 0.29) is 4.57 Å². The average Bonchev–Trinajstić information content (AvgIpc) is 2.92. The summed E-state index contributed by atoms with van der Waals surface area (Å²) in [5.41, 5.74) is 2.87. The van der Waals surface area contributed by atoms with E-state index in [0.717, 1.165) is 42.7 Å². The van der Waals surface area contributed by atoms with Crippen LogP contribution in [0.4, 0.5) is 13.2 Å². The quantitative estimate of drug-likeness (QED) is 0.650. The summed E-state index contributed by atoms with van der Waals surface area (Å²) in [6, 6.07) is 8.19. The highest BCUT2D eigenvalue weighted by Crippen LogP contribution is 2.32. The minimum Gasteiger partial charge on any atom is -0.344 e. The van der Waals surface area contributed by atoms with Crippen molar-refractivity contribution in [1.82, 2.24) is 14.0 Å². The van der Waals surface area contributed by atoms with Gasteiger partial charge in [-0.2, -0.15) is 0 Å². The molecule has 2 aromatic heterocycles. The van der Waals surface area contributed by atoms with Crippen molar-refractivity contribution in [3.8, 4) is 0 Å². The van der Waals surface area contributed by atoms with Crippen LogP contribution in [0.3, 0.4) is 0 Å². The summed E-state index contributed by atoms with van der Waals surface area (Å²) < 4.78 is 41.0. The number of aromatic nitrogens is 2. The Balaban J connectivity index is 1.71. The molecule has 148 valence electrons. The summed E-state index contributed by atoms with van der Waals surface area (Å²) >= 11 is 6.19. The van der Waals surface area contributed by atoms with Gasteiger partial charge in [-0.15, -0.1) is 13.2 Å². The molecular formula is C20H19ClF3N3O. The van der Waals surface area contributed by atoms with E-state index in [2.05, 4.69) is 16.5 Å². The van der Waals surface area contributed by atoms with Gasteiger partial charge < -0.3 is 9.47 Å². The van der Waals surface area contributed by atoms with E-state index in [0.29, 0.717) is 23.6 Å². The first-order valence-electron chi connectivity index (χ1n) is 9.01. The molecule has 0 bridgehead atoms. The van der Waals surface area contributed by atoms with Crippen LogP contribution in [0, 0.1) is 0 Å². The normalized spacial score (nSPS) is 15.2. The second-order valence-corrected chi connectivity index (χ2v) is 7.63. The smallest absolute Gasteiger partial charge is 0.344 e. The summed E-state index contributed by atoms with van der Waals surface area (Å²) in [6.07, 6.45) is -2.55. The minimum atomic E-state index is -4.71. The van der Waals surface area contributed by atoms with Crippen molar-refractivity contribution >= 4 is 22.5 Å². The molecular weight excluding hydrogens is 391 g/mol. The van der Waals surface area contributed by atoms with Gasteiger partial charge in [-0.1, -0.05) is 17.7 Å². The van der Waals surface area contributed by atoms with E-state index in [1.165, 1.54) is 17.3 Å². The van der Waals surface area contributed by atoms with Crippen LogP contribution in [0.25, 0.3) is 10.9 Å². The van der Waals surface area contributed by atoms with Crippen molar-refractivity contribution in [3.63, 3.8) is 0 Å². The topological polar surface area (TPSA) is 30.2 Å². The Morgan fingerprint density at radius 1 is 1.18 bits per heavy atom. The lowest BCUT2D eigenvalue weighted by molar-refractivity contribution is -0.206. The zero-order chi connectivity index (χ0) is 20.1. The van der Waals surface area contributed by atoms with Crippen LogP contribution in [0.15, 0.2) is 41.3 Å². The molecule has 4 nitrogen and oxygen atoms in total. The van der Waals surface area contributed by atoms with Crippen molar-refractivity contribution in [1.29, 1.82) is 0 Å². The molecule has 28 heavy (non-hydrogen) atoms. The largest absolute Gasteiger partial charge is 0.491 e. The third-order valence-corrected chi connectivity index (χ3v) is 5.51. The van der Waals surface area contributed by atoms with Crippen molar-refractivity contribution < 1.29 is 13.2 Å². The number of nitrogens with zero attached hydrogens (tertiary/aromatic N) is 3. The number of hydrogen-bond acceptors (Lipinski definition) is 2. The standard InChI is InChI=1S/C20H19ClF3N3O/c1-25-8-7-18-16(12-25)15-10-14(21)3-4-17(15)26(18)9-6-13-2-5-19(28)27(11-13)20(22,23)24/h2-5,10-11H,6-9,12H2,1H3. The van der Waals surface area contributed by atoms with Gasteiger partial charge in [0.2, 0.25) is 0 Å². The van der Waals surface area contributed by atoms with Crippen LogP contribution in [-0.2, 0) is 32.2 Å². The summed E-state index contributed by atoms with van der Waals surface area (Å²) in [5, 5.41) is 1.76. The fraction of sp³-hybridized carbons (Fsp3) is 0.350. The Morgan fingerprint density at radius 2 is 1.96 bits per heavy atom. The number of alkyl halides is 3. The van der Waals surface area contributed by atoms with Crippen molar-refractivity contribution in [2.75, 3.05) is 13.6 Å². The van der Waals surface area contributed by atoms with Crippen LogP contribution in [-0.4, -0.2) is 27.6 Å². The summed E-state index contributed by atoms with van der Waals surface area (Å²) in [4.78, 5) is 13.7. The fourth-order valence-electron chi connectivity index (χ4n) is 3.93. The number of pyridine rings is 1. The van der Waals surface area contributed by atoms with Gasteiger partial charge in [0.1, 0.15) is 0 Å². The molecule has 0 saturated heterocycles. The maximum Gasteiger partial charge on any atom is 0.491 e. The zero-order valence-electron chi connectivity index (χ0n) is 15.3. The van der Waals surface area contributed by atoms with E-state index in [1.807, 2.05) is 18.2 Å². The maximum absolute atomic E-state index is 13.0. The van der Waals surface area contributed by atoms with Crippen LogP contribution in [0.1, 0.15) is 16.8 Å². The third-order valence-electron chi connectivity index (χ3n) is 5.28. The summed E-state index contributed by atoms with van der Waals surface area (Å²) in [7, 11) is 2.07. The maximum atomic E-state index is 13.0. The third kappa shape index (κ3) is 3.44.